The minimum Gasteiger partial charge on any atom is -0.508 e. The second-order valence-corrected chi connectivity index (χ2v) is 14.4. The molecule has 1 unspecified atom stereocenters. The van der Waals surface area contributed by atoms with E-state index in [1.807, 2.05) is 29.2 Å². The molecular weight excluding hydrogens is 644 g/mol. The number of fused-ring (bicyclic) bond motifs is 1. The van der Waals surface area contributed by atoms with Crippen molar-refractivity contribution >= 4 is 17.5 Å². The largest absolute Gasteiger partial charge is 0.508 e. The van der Waals surface area contributed by atoms with Crippen LogP contribution in [-0.4, -0.2) is 97.0 Å². The molecule has 2 fully saturated rings. The second-order valence-electron chi connectivity index (χ2n) is 14.4. The Balaban J connectivity index is 0.989. The van der Waals surface area contributed by atoms with Crippen molar-refractivity contribution in [3.8, 4) is 17.2 Å². The lowest BCUT2D eigenvalue weighted by molar-refractivity contribution is -0.135. The summed E-state index contributed by atoms with van der Waals surface area (Å²) in [5.74, 6) is 1.21. The summed E-state index contributed by atoms with van der Waals surface area (Å²) < 4.78 is 11.7. The SMILES string of the molecule is CCN1CC(c2ccccc2)(c2cc(CCOCCC(=O)N(CCNCCc3ccc(O)c4c3OCC(=O)N4)C(C)C3CCCC3)ccc2O)C1. The molecule has 2 heterocycles. The zero-order valence-electron chi connectivity index (χ0n) is 30.2. The number of anilines is 1. The highest BCUT2D eigenvalue weighted by atomic mass is 16.5. The lowest BCUT2D eigenvalue weighted by Crippen LogP contribution is -2.59. The number of phenols is 2. The Morgan fingerprint density at radius 1 is 1.04 bits per heavy atom. The fraction of sp³-hybridized carbons (Fsp3) is 0.512. The van der Waals surface area contributed by atoms with Gasteiger partial charge in [-0.15, -0.1) is 0 Å². The molecule has 3 aromatic rings. The minimum atomic E-state index is -0.282. The molecule has 0 radical (unpaired) electrons. The summed E-state index contributed by atoms with van der Waals surface area (Å²) in [4.78, 5) is 29.8. The van der Waals surface area contributed by atoms with Crippen LogP contribution in [0.2, 0.25) is 0 Å². The van der Waals surface area contributed by atoms with Gasteiger partial charge in [-0.1, -0.05) is 68.3 Å². The molecule has 0 spiro atoms. The van der Waals surface area contributed by atoms with Gasteiger partial charge in [-0.3, -0.25) is 9.59 Å². The zero-order valence-corrected chi connectivity index (χ0v) is 30.2. The van der Waals surface area contributed by atoms with Crippen LogP contribution in [0.25, 0.3) is 0 Å². The number of hydrogen-bond acceptors (Lipinski definition) is 8. The molecule has 6 rings (SSSR count). The average Bonchev–Trinajstić information content (AvgIpc) is 3.67. The van der Waals surface area contributed by atoms with Gasteiger partial charge in [0.05, 0.1) is 19.6 Å². The summed E-state index contributed by atoms with van der Waals surface area (Å²) in [6.45, 7) is 9.85. The van der Waals surface area contributed by atoms with Crippen molar-refractivity contribution in [3.63, 3.8) is 0 Å². The van der Waals surface area contributed by atoms with Crippen molar-refractivity contribution in [1.82, 2.24) is 15.1 Å². The maximum absolute atomic E-state index is 13.6. The minimum absolute atomic E-state index is 0.00687. The number of phenolic OH excluding ortho intramolecular Hbond substituents is 2. The summed E-state index contributed by atoms with van der Waals surface area (Å²) in [5, 5.41) is 27.3. The molecule has 274 valence electrons. The number of aromatic hydroxyl groups is 2. The van der Waals surface area contributed by atoms with Crippen LogP contribution < -0.4 is 15.4 Å². The van der Waals surface area contributed by atoms with Gasteiger partial charge < -0.3 is 40.1 Å². The summed E-state index contributed by atoms with van der Waals surface area (Å²) in [5.41, 5.74) is 4.33. The molecule has 4 N–H and O–H groups in total. The molecule has 2 amide bonds. The first-order chi connectivity index (χ1) is 24.8. The molecule has 1 atom stereocenters. The smallest absolute Gasteiger partial charge is 0.262 e. The number of amides is 2. The van der Waals surface area contributed by atoms with Gasteiger partial charge >= 0.3 is 0 Å². The maximum atomic E-state index is 13.6. The number of likely N-dealkylation sites (N-methyl/N-ethyl adjacent to an activating group) is 1. The zero-order chi connectivity index (χ0) is 35.8. The van der Waals surface area contributed by atoms with E-state index < -0.39 is 0 Å². The number of carbonyl (C=O) groups is 2. The van der Waals surface area contributed by atoms with E-state index in [2.05, 4.69) is 59.7 Å². The van der Waals surface area contributed by atoms with Gasteiger partial charge in [0.1, 0.15) is 17.2 Å². The van der Waals surface area contributed by atoms with Crippen LogP contribution in [0.4, 0.5) is 5.69 Å². The molecule has 0 bridgehead atoms. The van der Waals surface area contributed by atoms with E-state index in [1.54, 1.807) is 6.07 Å². The third kappa shape index (κ3) is 8.51. The van der Waals surface area contributed by atoms with Crippen molar-refractivity contribution in [2.24, 2.45) is 5.92 Å². The third-order valence-electron chi connectivity index (χ3n) is 11.2. The number of carbonyl (C=O) groups excluding carboxylic acids is 2. The first-order valence-electron chi connectivity index (χ1n) is 18.7. The number of ether oxygens (including phenoxy) is 2. The number of benzene rings is 3. The number of nitrogens with zero attached hydrogens (tertiary/aromatic N) is 2. The standard InChI is InChI=1S/C41H54N4O6/c1-3-44-27-41(28-44,33-11-5-4-6-12-33)34-25-30(13-15-35(34)46)18-23-50-24-19-38(49)45(29(2)31-9-7-8-10-31)22-21-42-20-17-32-14-16-36(47)39-40(32)51-26-37(48)43-39/h4-6,11-16,25,29,31,42,46-47H,3,7-10,17-24,26-28H2,1-2H3,(H,43,48). The fourth-order valence-electron chi connectivity index (χ4n) is 8.13. The van der Waals surface area contributed by atoms with Gasteiger partial charge in [0.2, 0.25) is 5.91 Å². The predicted octanol–water partition coefficient (Wildman–Crippen LogP) is 5.24. The van der Waals surface area contributed by atoms with Gasteiger partial charge in [-0.05, 0) is 80.4 Å². The topological polar surface area (TPSA) is 124 Å². The molecule has 10 nitrogen and oxygen atoms in total. The molecule has 0 aromatic heterocycles. The first-order valence-corrected chi connectivity index (χ1v) is 18.7. The Morgan fingerprint density at radius 3 is 2.57 bits per heavy atom. The van der Waals surface area contributed by atoms with Crippen LogP contribution in [0.3, 0.4) is 0 Å². The monoisotopic (exact) mass is 698 g/mol. The summed E-state index contributed by atoms with van der Waals surface area (Å²) in [6, 6.07) is 20.0. The molecule has 51 heavy (non-hydrogen) atoms. The Bertz CT molecular complexity index is 1640. The molecule has 2 aliphatic heterocycles. The Labute approximate surface area is 302 Å². The van der Waals surface area contributed by atoms with Gasteiger partial charge in [-0.25, -0.2) is 0 Å². The van der Waals surface area contributed by atoms with Gasteiger partial charge in [0.25, 0.3) is 5.91 Å². The molecule has 1 aliphatic carbocycles. The number of nitrogens with one attached hydrogen (secondary N) is 2. The van der Waals surface area contributed by atoms with E-state index in [4.69, 9.17) is 9.47 Å². The van der Waals surface area contributed by atoms with Crippen LogP contribution in [0.15, 0.2) is 60.7 Å². The molecule has 10 heteroatoms. The number of hydrogen-bond donors (Lipinski definition) is 4. The molecule has 1 saturated carbocycles. The van der Waals surface area contributed by atoms with Crippen molar-refractivity contribution in [1.29, 1.82) is 0 Å². The molecule has 3 aliphatic rings. The lowest BCUT2D eigenvalue weighted by Gasteiger charge is -2.51. The van der Waals surface area contributed by atoms with Gasteiger partial charge in [-0.2, -0.15) is 0 Å². The summed E-state index contributed by atoms with van der Waals surface area (Å²) in [6.07, 6.45) is 6.47. The fourth-order valence-corrected chi connectivity index (χ4v) is 8.13. The van der Waals surface area contributed by atoms with Crippen LogP contribution in [0, 0.1) is 5.92 Å². The van der Waals surface area contributed by atoms with Crippen LogP contribution >= 0.6 is 0 Å². The summed E-state index contributed by atoms with van der Waals surface area (Å²) >= 11 is 0. The Morgan fingerprint density at radius 2 is 1.80 bits per heavy atom. The lowest BCUT2D eigenvalue weighted by atomic mass is 9.68. The van der Waals surface area contributed by atoms with Crippen molar-refractivity contribution < 1.29 is 29.3 Å². The molecular formula is C41H54N4O6. The van der Waals surface area contributed by atoms with Gasteiger partial charge in [0.15, 0.2) is 12.4 Å². The van der Waals surface area contributed by atoms with E-state index >= 15 is 0 Å². The molecule has 3 aromatic carbocycles. The van der Waals surface area contributed by atoms with Crippen molar-refractivity contribution in [2.45, 2.75) is 70.3 Å². The number of rotatable bonds is 17. The highest BCUT2D eigenvalue weighted by molar-refractivity contribution is 5.97. The van der Waals surface area contributed by atoms with E-state index in [1.165, 1.54) is 18.4 Å². The van der Waals surface area contributed by atoms with Gasteiger partial charge in [0, 0.05) is 43.2 Å². The number of likely N-dealkylation sites (tertiary alicyclic amines) is 1. The Kier molecular flexibility index (Phi) is 12.2. The second kappa shape index (κ2) is 16.9. The third-order valence-corrected chi connectivity index (χ3v) is 11.2. The Hall–Kier alpha value is -4.12. The first kappa shape index (κ1) is 36.7. The van der Waals surface area contributed by atoms with E-state index in [9.17, 15) is 19.8 Å². The summed E-state index contributed by atoms with van der Waals surface area (Å²) in [7, 11) is 0. The van der Waals surface area contributed by atoms with Crippen LogP contribution in [0.5, 0.6) is 17.2 Å². The highest BCUT2D eigenvalue weighted by Gasteiger charge is 2.46. The van der Waals surface area contributed by atoms with E-state index in [0.29, 0.717) is 75.2 Å². The van der Waals surface area contributed by atoms with Crippen LogP contribution in [-0.2, 0) is 32.6 Å². The highest BCUT2D eigenvalue weighted by Crippen LogP contribution is 2.45. The van der Waals surface area contributed by atoms with Crippen molar-refractivity contribution in [2.75, 3.05) is 64.4 Å². The van der Waals surface area contributed by atoms with E-state index in [0.717, 1.165) is 49.2 Å². The quantitative estimate of drug-likeness (QED) is 0.112. The predicted molar refractivity (Wildman–Crippen MR) is 199 cm³/mol. The average molecular weight is 699 g/mol. The normalized spacial score (nSPS) is 17.6. The maximum Gasteiger partial charge on any atom is 0.262 e. The van der Waals surface area contributed by atoms with Crippen LogP contribution in [0.1, 0.15) is 68.2 Å². The van der Waals surface area contributed by atoms with Crippen molar-refractivity contribution in [3.05, 3.63) is 82.9 Å². The van der Waals surface area contributed by atoms with E-state index in [-0.39, 0.29) is 35.6 Å². The molecule has 1 saturated heterocycles.